The molecule has 8 nitrogen and oxygen atoms in total. The van der Waals surface area contributed by atoms with Crippen LogP contribution in [0.15, 0.2) is 29.6 Å². The van der Waals surface area contributed by atoms with Crippen molar-refractivity contribution in [3.05, 3.63) is 51.9 Å². The van der Waals surface area contributed by atoms with Crippen molar-refractivity contribution in [1.82, 2.24) is 5.32 Å². The first kappa shape index (κ1) is 21.1. The Hall–Kier alpha value is -3.20. The lowest BCUT2D eigenvalue weighted by atomic mass is 10.1. The fourth-order valence-electron chi connectivity index (χ4n) is 2.24. The van der Waals surface area contributed by atoms with E-state index in [-0.39, 0.29) is 17.1 Å². The first-order valence-corrected chi connectivity index (χ1v) is 9.30. The summed E-state index contributed by atoms with van der Waals surface area (Å²) in [5.74, 6) is -2.46. The number of aryl methyl sites for hydroxylation is 2. The minimum Gasteiger partial charge on any atom is -0.451 e. The molecule has 0 saturated carbocycles. The van der Waals surface area contributed by atoms with E-state index in [0.29, 0.717) is 5.56 Å². The molecule has 0 aliphatic heterocycles. The highest BCUT2D eigenvalue weighted by molar-refractivity contribution is 7.14. The quantitative estimate of drug-likeness (QED) is 0.607. The van der Waals surface area contributed by atoms with Gasteiger partial charge in [-0.1, -0.05) is 6.07 Å². The number of hydrogen-bond donors (Lipinski definition) is 3. The summed E-state index contributed by atoms with van der Waals surface area (Å²) >= 11 is 1.13. The maximum atomic E-state index is 12.1. The zero-order chi connectivity index (χ0) is 20.8. The summed E-state index contributed by atoms with van der Waals surface area (Å²) in [5.41, 5.74) is 7.84. The van der Waals surface area contributed by atoms with Crippen molar-refractivity contribution in [2.75, 3.05) is 11.9 Å². The number of carbonyl (C=O) groups is 4. The van der Waals surface area contributed by atoms with Gasteiger partial charge in [-0.3, -0.25) is 19.2 Å². The van der Waals surface area contributed by atoms with Crippen LogP contribution in [0.25, 0.3) is 0 Å². The zero-order valence-electron chi connectivity index (χ0n) is 15.7. The highest BCUT2D eigenvalue weighted by Gasteiger charge is 2.21. The number of primary amides is 1. The number of carbonyl (C=O) groups excluding carboxylic acids is 4. The normalized spacial score (nSPS) is 11.4. The molecule has 0 bridgehead atoms. The minimum absolute atomic E-state index is 0.178. The Labute approximate surface area is 166 Å². The molecule has 0 saturated heterocycles. The van der Waals surface area contributed by atoms with Crippen LogP contribution in [-0.2, 0) is 14.3 Å². The molecule has 0 fully saturated rings. The molecular formula is C19H21N3O5S. The van der Waals surface area contributed by atoms with Gasteiger partial charge < -0.3 is 21.1 Å². The van der Waals surface area contributed by atoms with Crippen LogP contribution in [0.2, 0.25) is 0 Å². The monoisotopic (exact) mass is 403 g/mol. The Morgan fingerprint density at radius 1 is 1.14 bits per heavy atom. The van der Waals surface area contributed by atoms with Gasteiger partial charge >= 0.3 is 5.97 Å². The Balaban J connectivity index is 1.85. The van der Waals surface area contributed by atoms with E-state index in [2.05, 4.69) is 10.6 Å². The summed E-state index contributed by atoms with van der Waals surface area (Å²) in [4.78, 5) is 47.4. The van der Waals surface area contributed by atoms with Crippen LogP contribution in [-0.4, -0.2) is 36.3 Å². The molecule has 0 spiro atoms. The van der Waals surface area contributed by atoms with Crippen molar-refractivity contribution in [2.45, 2.75) is 26.9 Å². The van der Waals surface area contributed by atoms with Crippen molar-refractivity contribution in [1.29, 1.82) is 0 Å². The molecule has 1 heterocycles. The number of amides is 3. The van der Waals surface area contributed by atoms with Gasteiger partial charge in [0.25, 0.3) is 17.7 Å². The minimum atomic E-state index is -1.12. The number of ether oxygens (including phenoxy) is 1. The van der Waals surface area contributed by atoms with E-state index in [1.165, 1.54) is 13.0 Å². The zero-order valence-corrected chi connectivity index (χ0v) is 16.5. The number of nitrogens with two attached hydrogens (primary N) is 1. The predicted molar refractivity (Wildman–Crippen MR) is 105 cm³/mol. The van der Waals surface area contributed by atoms with E-state index in [1.54, 1.807) is 17.5 Å². The average molecular weight is 403 g/mol. The Morgan fingerprint density at radius 3 is 2.50 bits per heavy atom. The smallest absolute Gasteiger partial charge is 0.326 e. The number of hydrogen-bond acceptors (Lipinski definition) is 6. The summed E-state index contributed by atoms with van der Waals surface area (Å²) in [5, 5.41) is 6.84. The largest absolute Gasteiger partial charge is 0.451 e. The van der Waals surface area contributed by atoms with E-state index < -0.39 is 29.8 Å². The molecule has 2 aromatic rings. The first-order valence-electron chi connectivity index (χ1n) is 8.42. The van der Waals surface area contributed by atoms with E-state index in [1.807, 2.05) is 19.9 Å². The van der Waals surface area contributed by atoms with Crippen LogP contribution in [0.1, 0.15) is 38.8 Å². The maximum Gasteiger partial charge on any atom is 0.326 e. The van der Waals surface area contributed by atoms with Crippen LogP contribution in [0.3, 0.4) is 0 Å². The second kappa shape index (κ2) is 9.14. The topological polar surface area (TPSA) is 128 Å². The molecule has 4 N–H and O–H groups in total. The Bertz CT molecular complexity index is 922. The lowest BCUT2D eigenvalue weighted by Gasteiger charge is -2.14. The maximum absolute atomic E-state index is 12.1. The summed E-state index contributed by atoms with van der Waals surface area (Å²) in [7, 11) is 0. The standard InChI is InChI=1S/C19H21N3O5S/c1-10-4-5-13(8-11(10)2)18(26)21-9-15(23)27-12(3)17(25)22-19-14(16(20)24)6-7-28-19/h4-8,12H,9H2,1-3H3,(H2,20,24)(H,21,26)(H,22,25)/t12-/m1/s1. The lowest BCUT2D eigenvalue weighted by Crippen LogP contribution is -2.36. The molecule has 1 atom stereocenters. The Kier molecular flexibility index (Phi) is 6.89. The van der Waals surface area contributed by atoms with Gasteiger partial charge in [0.05, 0.1) is 5.56 Å². The molecule has 28 heavy (non-hydrogen) atoms. The molecular weight excluding hydrogens is 382 g/mol. The van der Waals surface area contributed by atoms with E-state index in [9.17, 15) is 19.2 Å². The van der Waals surface area contributed by atoms with Crippen molar-refractivity contribution in [3.8, 4) is 0 Å². The lowest BCUT2D eigenvalue weighted by molar-refractivity contribution is -0.152. The molecule has 9 heteroatoms. The second-order valence-corrected chi connectivity index (χ2v) is 7.05. The first-order chi connectivity index (χ1) is 13.2. The highest BCUT2D eigenvalue weighted by atomic mass is 32.1. The van der Waals surface area contributed by atoms with Gasteiger partial charge in [-0.15, -0.1) is 11.3 Å². The SMILES string of the molecule is Cc1ccc(C(=O)NCC(=O)O[C@H](C)C(=O)Nc2sccc2C(N)=O)cc1C. The molecule has 148 valence electrons. The molecule has 0 aliphatic carbocycles. The number of esters is 1. The molecule has 1 aromatic heterocycles. The van der Waals surface area contributed by atoms with Crippen molar-refractivity contribution < 1.29 is 23.9 Å². The van der Waals surface area contributed by atoms with E-state index in [4.69, 9.17) is 10.5 Å². The van der Waals surface area contributed by atoms with E-state index >= 15 is 0 Å². The number of nitrogens with one attached hydrogen (secondary N) is 2. The van der Waals surface area contributed by atoms with Gasteiger partial charge in [-0.2, -0.15) is 0 Å². The summed E-state index contributed by atoms with van der Waals surface area (Å²) in [6.07, 6.45) is -1.12. The number of thiophene rings is 1. The van der Waals surface area contributed by atoms with Crippen LogP contribution in [0.5, 0.6) is 0 Å². The predicted octanol–water partition coefficient (Wildman–Crippen LogP) is 1.76. The number of anilines is 1. The highest BCUT2D eigenvalue weighted by Crippen LogP contribution is 2.22. The average Bonchev–Trinajstić information content (AvgIpc) is 3.10. The van der Waals surface area contributed by atoms with Gasteiger partial charge in [0.15, 0.2) is 6.10 Å². The van der Waals surface area contributed by atoms with E-state index in [0.717, 1.165) is 22.5 Å². The molecule has 0 radical (unpaired) electrons. The summed E-state index contributed by atoms with van der Waals surface area (Å²) < 4.78 is 5.01. The van der Waals surface area contributed by atoms with Crippen molar-refractivity contribution >= 4 is 40.0 Å². The Morgan fingerprint density at radius 2 is 1.86 bits per heavy atom. The van der Waals surface area contributed by atoms with Crippen molar-refractivity contribution in [2.24, 2.45) is 5.73 Å². The van der Waals surface area contributed by atoms with Crippen molar-refractivity contribution in [3.63, 3.8) is 0 Å². The summed E-state index contributed by atoms with van der Waals surface area (Å²) in [6, 6.07) is 6.70. The van der Waals surface area contributed by atoms with Crippen LogP contribution in [0.4, 0.5) is 5.00 Å². The van der Waals surface area contributed by atoms with Gasteiger partial charge in [0, 0.05) is 5.56 Å². The second-order valence-electron chi connectivity index (χ2n) is 6.13. The summed E-state index contributed by atoms with van der Waals surface area (Å²) in [6.45, 7) is 4.83. The van der Waals surface area contributed by atoms with Crippen LogP contribution in [0, 0.1) is 13.8 Å². The van der Waals surface area contributed by atoms with Gasteiger partial charge in [-0.05, 0) is 55.5 Å². The molecule has 0 aliphatic rings. The van der Waals surface area contributed by atoms with Gasteiger partial charge in [0.2, 0.25) is 0 Å². The fourth-order valence-corrected chi connectivity index (χ4v) is 3.04. The third-order valence-electron chi connectivity index (χ3n) is 4.01. The number of rotatable bonds is 7. The third kappa shape index (κ3) is 5.40. The molecule has 0 unspecified atom stereocenters. The number of benzene rings is 1. The fraction of sp³-hybridized carbons (Fsp3) is 0.263. The van der Waals surface area contributed by atoms with Crippen LogP contribution < -0.4 is 16.4 Å². The molecule has 3 amide bonds. The molecule has 1 aromatic carbocycles. The van der Waals surface area contributed by atoms with Gasteiger partial charge in [0.1, 0.15) is 11.5 Å². The van der Waals surface area contributed by atoms with Crippen LogP contribution >= 0.6 is 11.3 Å². The van der Waals surface area contributed by atoms with Gasteiger partial charge in [-0.25, -0.2) is 0 Å². The third-order valence-corrected chi connectivity index (χ3v) is 4.84. The molecule has 2 rings (SSSR count).